The van der Waals surface area contributed by atoms with Crippen molar-refractivity contribution in [3.05, 3.63) is 35.4 Å². The lowest BCUT2D eigenvalue weighted by Crippen LogP contribution is -2.32. The number of amides is 2. The summed E-state index contributed by atoms with van der Waals surface area (Å²) >= 11 is 0. The molecule has 1 aromatic carbocycles. The second-order valence-electron chi connectivity index (χ2n) is 3.87. The minimum absolute atomic E-state index is 0.0269. The number of hydrogen-bond acceptors (Lipinski definition) is 7. The summed E-state index contributed by atoms with van der Waals surface area (Å²) in [5.74, 6) is -1.71. The Morgan fingerprint density at radius 2 is 1.68 bits per heavy atom. The molecule has 1 rings (SSSR count). The van der Waals surface area contributed by atoms with Crippen molar-refractivity contribution in [2.75, 3.05) is 26.4 Å². The first kappa shape index (κ1) is 17.4. The van der Waals surface area contributed by atoms with E-state index in [1.54, 1.807) is 5.48 Å². The fraction of sp³-hybridized carbons (Fsp3) is 0.308. The van der Waals surface area contributed by atoms with E-state index in [-0.39, 0.29) is 37.6 Å². The third-order valence-electron chi connectivity index (χ3n) is 2.31. The molecule has 0 aliphatic rings. The Morgan fingerprint density at radius 1 is 1.05 bits per heavy atom. The number of benzene rings is 1. The summed E-state index contributed by atoms with van der Waals surface area (Å²) in [5, 5.41) is 8.52. The molecule has 0 spiro atoms. The topological polar surface area (TPSA) is 137 Å². The highest BCUT2D eigenvalue weighted by molar-refractivity contribution is 6.03. The summed E-state index contributed by atoms with van der Waals surface area (Å²) in [6.07, 6.45) is 0. The second kappa shape index (κ2) is 9.32. The molecule has 2 amide bonds. The number of aliphatic hydroxyl groups is 1. The third-order valence-corrected chi connectivity index (χ3v) is 2.31. The molecular formula is C13H16N2O7. The number of nitrogens with one attached hydrogen (secondary N) is 1. The molecule has 9 heteroatoms. The zero-order chi connectivity index (χ0) is 16.4. The lowest BCUT2D eigenvalue weighted by atomic mass is 10.1. The van der Waals surface area contributed by atoms with Crippen LogP contribution in [0.1, 0.15) is 20.7 Å². The van der Waals surface area contributed by atoms with Crippen LogP contribution in [0.15, 0.2) is 24.3 Å². The number of hydroxylamine groups is 1. The van der Waals surface area contributed by atoms with Gasteiger partial charge < -0.3 is 25.2 Å². The maximum Gasteiger partial charge on any atom is 0.363 e. The molecule has 0 atom stereocenters. The van der Waals surface area contributed by atoms with Crippen molar-refractivity contribution < 1.29 is 33.8 Å². The second-order valence-corrected chi connectivity index (χ2v) is 3.87. The summed E-state index contributed by atoms with van der Waals surface area (Å²) in [7, 11) is 0. The number of hydrogen-bond donors (Lipinski definition) is 3. The van der Waals surface area contributed by atoms with Gasteiger partial charge >= 0.3 is 18.0 Å². The number of rotatable bonds is 7. The van der Waals surface area contributed by atoms with Gasteiger partial charge in [0.05, 0.1) is 30.9 Å². The number of aliphatic hydroxyl groups excluding tert-OH is 1. The first-order chi connectivity index (χ1) is 10.6. The van der Waals surface area contributed by atoms with Gasteiger partial charge in [-0.1, -0.05) is 12.1 Å². The van der Waals surface area contributed by atoms with Crippen molar-refractivity contribution >= 4 is 18.0 Å². The Kier molecular flexibility index (Phi) is 7.37. The van der Waals surface area contributed by atoms with Crippen LogP contribution in [0.25, 0.3) is 0 Å². The molecule has 0 fully saturated rings. The average molecular weight is 312 g/mol. The molecule has 0 aliphatic heterocycles. The van der Waals surface area contributed by atoms with Crippen LogP contribution >= 0.6 is 0 Å². The van der Waals surface area contributed by atoms with Crippen LogP contribution in [0.3, 0.4) is 0 Å². The van der Waals surface area contributed by atoms with Crippen molar-refractivity contribution in [2.24, 2.45) is 5.73 Å². The van der Waals surface area contributed by atoms with E-state index in [9.17, 15) is 14.4 Å². The highest BCUT2D eigenvalue weighted by Gasteiger charge is 2.19. The molecule has 0 aliphatic carbocycles. The summed E-state index contributed by atoms with van der Waals surface area (Å²) in [6, 6.07) is 4.72. The van der Waals surface area contributed by atoms with Crippen molar-refractivity contribution in [1.82, 2.24) is 5.48 Å². The van der Waals surface area contributed by atoms with Crippen molar-refractivity contribution in [3.63, 3.8) is 0 Å². The van der Waals surface area contributed by atoms with E-state index in [4.69, 9.17) is 20.3 Å². The lowest BCUT2D eigenvalue weighted by Gasteiger charge is -2.09. The predicted octanol–water partition coefficient (Wildman–Crippen LogP) is -0.408. The minimum atomic E-state index is -1.05. The summed E-state index contributed by atoms with van der Waals surface area (Å²) < 4.78 is 9.86. The van der Waals surface area contributed by atoms with E-state index in [2.05, 4.69) is 4.84 Å². The number of carbonyl (C=O) groups excluding carboxylic acids is 3. The van der Waals surface area contributed by atoms with E-state index in [0.29, 0.717) is 0 Å². The number of nitrogens with two attached hydrogens (primary N) is 1. The van der Waals surface area contributed by atoms with Crippen LogP contribution in [0.2, 0.25) is 0 Å². The number of urea groups is 1. The molecule has 0 bridgehead atoms. The molecule has 4 N–H and O–H groups in total. The highest BCUT2D eigenvalue weighted by atomic mass is 16.7. The Bertz CT molecular complexity index is 533. The van der Waals surface area contributed by atoms with E-state index in [0.717, 1.165) is 0 Å². The number of esters is 1. The predicted molar refractivity (Wildman–Crippen MR) is 72.8 cm³/mol. The fourth-order valence-electron chi connectivity index (χ4n) is 1.43. The SMILES string of the molecule is NC(=O)NOC(=O)c1ccccc1C(=O)OCCOCCO. The fourth-order valence-corrected chi connectivity index (χ4v) is 1.43. The van der Waals surface area contributed by atoms with Gasteiger partial charge in [0.1, 0.15) is 6.61 Å². The Hall–Kier alpha value is -2.65. The van der Waals surface area contributed by atoms with E-state index in [1.807, 2.05) is 0 Å². The molecule has 1 aromatic rings. The third kappa shape index (κ3) is 5.77. The van der Waals surface area contributed by atoms with Crippen LogP contribution in [-0.4, -0.2) is 49.5 Å². The zero-order valence-electron chi connectivity index (χ0n) is 11.6. The molecular weight excluding hydrogens is 296 g/mol. The maximum atomic E-state index is 11.9. The van der Waals surface area contributed by atoms with Crippen LogP contribution in [0.5, 0.6) is 0 Å². The Morgan fingerprint density at radius 3 is 2.27 bits per heavy atom. The van der Waals surface area contributed by atoms with Gasteiger partial charge in [-0.25, -0.2) is 14.4 Å². The molecule has 0 saturated heterocycles. The molecule has 0 aromatic heterocycles. The van der Waals surface area contributed by atoms with Gasteiger partial charge in [0.25, 0.3) is 0 Å². The molecule has 120 valence electrons. The number of carbonyl (C=O) groups is 3. The minimum Gasteiger partial charge on any atom is -0.460 e. The normalized spacial score (nSPS) is 9.86. The van der Waals surface area contributed by atoms with Crippen molar-refractivity contribution in [3.8, 4) is 0 Å². The quantitative estimate of drug-likeness (QED) is 0.353. The van der Waals surface area contributed by atoms with E-state index >= 15 is 0 Å². The van der Waals surface area contributed by atoms with Gasteiger partial charge in [0, 0.05) is 0 Å². The summed E-state index contributed by atoms with van der Waals surface area (Å²) in [4.78, 5) is 38.5. The molecule has 9 nitrogen and oxygen atoms in total. The molecule has 22 heavy (non-hydrogen) atoms. The average Bonchev–Trinajstić information content (AvgIpc) is 2.52. The highest BCUT2D eigenvalue weighted by Crippen LogP contribution is 2.11. The first-order valence-electron chi connectivity index (χ1n) is 6.27. The number of ether oxygens (including phenoxy) is 2. The monoisotopic (exact) mass is 312 g/mol. The Labute approximate surface area is 125 Å². The Balaban J connectivity index is 2.64. The van der Waals surface area contributed by atoms with Gasteiger partial charge in [-0.15, -0.1) is 0 Å². The van der Waals surface area contributed by atoms with Crippen LogP contribution in [-0.2, 0) is 14.3 Å². The van der Waals surface area contributed by atoms with Crippen LogP contribution in [0.4, 0.5) is 4.79 Å². The van der Waals surface area contributed by atoms with Gasteiger partial charge in [-0.2, -0.15) is 5.48 Å². The van der Waals surface area contributed by atoms with E-state index < -0.39 is 18.0 Å². The van der Waals surface area contributed by atoms with E-state index in [1.165, 1.54) is 24.3 Å². The number of primary amides is 1. The van der Waals surface area contributed by atoms with Crippen LogP contribution < -0.4 is 11.2 Å². The molecule has 0 heterocycles. The smallest absolute Gasteiger partial charge is 0.363 e. The molecule has 0 radical (unpaired) electrons. The largest absolute Gasteiger partial charge is 0.460 e. The zero-order valence-corrected chi connectivity index (χ0v) is 11.6. The summed E-state index contributed by atoms with van der Waals surface area (Å²) in [6.45, 7) is 0.0820. The summed E-state index contributed by atoms with van der Waals surface area (Å²) in [5.41, 5.74) is 6.33. The standard InChI is InChI=1S/C13H16N2O7/c14-13(19)15-22-12(18)10-4-2-1-3-9(10)11(17)21-8-7-20-6-5-16/h1-4,16H,5-8H2,(H3,14,15,19). The molecule has 0 saturated carbocycles. The first-order valence-corrected chi connectivity index (χ1v) is 6.27. The van der Waals surface area contributed by atoms with Gasteiger partial charge in [0.2, 0.25) is 0 Å². The van der Waals surface area contributed by atoms with Crippen molar-refractivity contribution in [1.29, 1.82) is 0 Å². The molecule has 0 unspecified atom stereocenters. The maximum absolute atomic E-state index is 11.9. The van der Waals surface area contributed by atoms with Crippen LogP contribution in [0, 0.1) is 0 Å². The van der Waals surface area contributed by atoms with Gasteiger partial charge in [0.15, 0.2) is 0 Å². The van der Waals surface area contributed by atoms with Gasteiger partial charge in [-0.3, -0.25) is 0 Å². The van der Waals surface area contributed by atoms with Crippen molar-refractivity contribution in [2.45, 2.75) is 0 Å². The van der Waals surface area contributed by atoms with Gasteiger partial charge in [-0.05, 0) is 12.1 Å². The lowest BCUT2D eigenvalue weighted by molar-refractivity contribution is 0.0242.